The Bertz CT molecular complexity index is 1050. The number of hydrogen-bond acceptors (Lipinski definition) is 4. The number of sulfonamides is 1. The predicted octanol–water partition coefficient (Wildman–Crippen LogP) is 2.67. The molecule has 2 amide bonds. The first-order valence-corrected chi connectivity index (χ1v) is 11.9. The molecule has 2 aromatic rings. The number of halogens is 2. The van der Waals surface area contributed by atoms with Gasteiger partial charge in [-0.05, 0) is 49.2 Å². The molecule has 1 atom stereocenters. The largest absolute Gasteiger partial charge is 0.354 e. The Morgan fingerprint density at radius 2 is 1.72 bits per heavy atom. The van der Waals surface area contributed by atoms with Crippen molar-refractivity contribution in [2.24, 2.45) is 0 Å². The minimum Gasteiger partial charge on any atom is -0.354 e. The van der Waals surface area contributed by atoms with Crippen LogP contribution in [0.5, 0.6) is 0 Å². The van der Waals surface area contributed by atoms with E-state index in [1.807, 2.05) is 6.92 Å². The number of nitrogens with zero attached hydrogens (tertiary/aromatic N) is 2. The minimum atomic E-state index is -3.93. The first kappa shape index (κ1) is 25.3. The normalized spacial score (nSPS) is 12.2. The highest BCUT2D eigenvalue weighted by Gasteiger charge is 2.30. The summed E-state index contributed by atoms with van der Waals surface area (Å²) in [5.74, 6) is -2.17. The predicted molar refractivity (Wildman–Crippen MR) is 118 cm³/mol. The summed E-state index contributed by atoms with van der Waals surface area (Å²) in [7, 11) is -3.93. The number of carbonyl (C=O) groups is 2. The van der Waals surface area contributed by atoms with E-state index < -0.39 is 46.1 Å². The molecule has 0 saturated heterocycles. The van der Waals surface area contributed by atoms with Crippen molar-refractivity contribution in [2.75, 3.05) is 23.7 Å². The summed E-state index contributed by atoms with van der Waals surface area (Å²) < 4.78 is 52.5. The van der Waals surface area contributed by atoms with Crippen molar-refractivity contribution in [3.63, 3.8) is 0 Å². The molecule has 10 heteroatoms. The van der Waals surface area contributed by atoms with Gasteiger partial charge in [-0.2, -0.15) is 0 Å². The zero-order valence-electron chi connectivity index (χ0n) is 18.2. The summed E-state index contributed by atoms with van der Waals surface area (Å²) in [6.07, 6.45) is 1.61. The summed E-state index contributed by atoms with van der Waals surface area (Å²) in [6, 6.07) is 9.38. The quantitative estimate of drug-likeness (QED) is 0.582. The second kappa shape index (κ2) is 11.0. The highest BCUT2D eigenvalue weighted by Crippen LogP contribution is 2.20. The van der Waals surface area contributed by atoms with Crippen LogP contribution in [0.4, 0.5) is 14.5 Å². The zero-order chi connectivity index (χ0) is 23.9. The van der Waals surface area contributed by atoms with Gasteiger partial charge in [0.2, 0.25) is 21.8 Å². The third-order valence-electron chi connectivity index (χ3n) is 4.76. The van der Waals surface area contributed by atoms with E-state index in [4.69, 9.17) is 0 Å². The molecule has 0 aliphatic rings. The lowest BCUT2D eigenvalue weighted by Gasteiger charge is -2.31. The molecule has 0 fully saturated rings. The summed E-state index contributed by atoms with van der Waals surface area (Å²) in [5.41, 5.74) is 0.553. The molecular formula is C22H27F2N3O4S. The van der Waals surface area contributed by atoms with Crippen LogP contribution in [0.25, 0.3) is 0 Å². The Balaban J connectivity index is 2.35. The maximum absolute atomic E-state index is 13.7. The minimum absolute atomic E-state index is 0.00864. The number of amides is 2. The second-order valence-corrected chi connectivity index (χ2v) is 9.27. The Morgan fingerprint density at radius 1 is 1.06 bits per heavy atom. The average molecular weight is 468 g/mol. The third kappa shape index (κ3) is 7.01. The molecule has 0 spiro atoms. The highest BCUT2D eigenvalue weighted by atomic mass is 32.2. The summed E-state index contributed by atoms with van der Waals surface area (Å²) in [6.45, 7) is 3.16. The first-order valence-electron chi connectivity index (χ1n) is 10.1. The topological polar surface area (TPSA) is 86.8 Å². The van der Waals surface area contributed by atoms with Crippen LogP contribution < -0.4 is 9.62 Å². The molecule has 1 unspecified atom stereocenters. The van der Waals surface area contributed by atoms with Crippen molar-refractivity contribution in [2.45, 2.75) is 32.9 Å². The summed E-state index contributed by atoms with van der Waals surface area (Å²) >= 11 is 0. The molecule has 2 aromatic carbocycles. The zero-order valence-corrected chi connectivity index (χ0v) is 19.0. The van der Waals surface area contributed by atoms with Gasteiger partial charge in [-0.1, -0.05) is 25.1 Å². The van der Waals surface area contributed by atoms with Crippen molar-refractivity contribution >= 4 is 27.5 Å². The van der Waals surface area contributed by atoms with Gasteiger partial charge in [0.25, 0.3) is 0 Å². The highest BCUT2D eigenvalue weighted by molar-refractivity contribution is 7.92. The van der Waals surface area contributed by atoms with E-state index >= 15 is 0 Å². The maximum Gasteiger partial charge on any atom is 0.244 e. The fourth-order valence-corrected chi connectivity index (χ4v) is 3.85. The van der Waals surface area contributed by atoms with Gasteiger partial charge in [0.15, 0.2) is 0 Å². The molecule has 0 bridgehead atoms. The fourth-order valence-electron chi connectivity index (χ4n) is 3.01. The average Bonchev–Trinajstić information content (AvgIpc) is 2.73. The Kier molecular flexibility index (Phi) is 8.71. The maximum atomic E-state index is 13.7. The van der Waals surface area contributed by atoms with Gasteiger partial charge in [-0.25, -0.2) is 17.2 Å². The van der Waals surface area contributed by atoms with Crippen molar-refractivity contribution in [1.29, 1.82) is 0 Å². The molecule has 0 heterocycles. The van der Waals surface area contributed by atoms with Crippen LogP contribution in [-0.4, -0.2) is 50.5 Å². The molecule has 0 aromatic heterocycles. The van der Waals surface area contributed by atoms with Crippen molar-refractivity contribution < 1.29 is 26.8 Å². The van der Waals surface area contributed by atoms with Crippen molar-refractivity contribution in [3.05, 3.63) is 65.7 Å². The van der Waals surface area contributed by atoms with E-state index in [1.54, 1.807) is 0 Å². The van der Waals surface area contributed by atoms with Gasteiger partial charge >= 0.3 is 0 Å². The lowest BCUT2D eigenvalue weighted by molar-refractivity contribution is -0.139. The molecule has 0 aliphatic heterocycles. The second-order valence-electron chi connectivity index (χ2n) is 7.36. The summed E-state index contributed by atoms with van der Waals surface area (Å²) in [4.78, 5) is 27.0. The van der Waals surface area contributed by atoms with Crippen LogP contribution >= 0.6 is 0 Å². The number of benzene rings is 2. The monoisotopic (exact) mass is 467 g/mol. The Labute approximate surface area is 187 Å². The van der Waals surface area contributed by atoms with E-state index in [2.05, 4.69) is 5.32 Å². The van der Waals surface area contributed by atoms with E-state index in [9.17, 15) is 26.8 Å². The molecule has 0 radical (unpaired) electrons. The van der Waals surface area contributed by atoms with Gasteiger partial charge in [0, 0.05) is 13.1 Å². The van der Waals surface area contributed by atoms with Crippen molar-refractivity contribution in [3.8, 4) is 0 Å². The fraction of sp³-hybridized carbons (Fsp3) is 0.364. The van der Waals surface area contributed by atoms with E-state index in [1.165, 1.54) is 48.2 Å². The molecule has 2 rings (SSSR count). The molecule has 7 nitrogen and oxygen atoms in total. The lowest BCUT2D eigenvalue weighted by Crippen LogP contribution is -2.51. The van der Waals surface area contributed by atoms with Crippen LogP contribution in [0.1, 0.15) is 25.8 Å². The van der Waals surface area contributed by atoms with Crippen LogP contribution in [0.2, 0.25) is 0 Å². The van der Waals surface area contributed by atoms with E-state index in [0.29, 0.717) is 18.5 Å². The summed E-state index contributed by atoms with van der Waals surface area (Å²) in [5, 5.41) is 2.71. The van der Waals surface area contributed by atoms with Crippen LogP contribution in [-0.2, 0) is 26.2 Å². The van der Waals surface area contributed by atoms with Gasteiger partial charge in [-0.3, -0.25) is 13.9 Å². The third-order valence-corrected chi connectivity index (χ3v) is 5.90. The number of nitrogens with one attached hydrogen (secondary N) is 1. The standard InChI is InChI=1S/C22H27F2N3O4S/c1-4-12-25-22(29)16(2)26(14-17-8-10-18(23)11-9-17)21(28)15-27(32(3,30)31)20-7-5-6-19(24)13-20/h5-11,13,16H,4,12,14-15H2,1-3H3,(H,25,29). The molecule has 174 valence electrons. The van der Waals surface area contributed by atoms with Gasteiger partial charge in [-0.15, -0.1) is 0 Å². The molecular weight excluding hydrogens is 440 g/mol. The van der Waals surface area contributed by atoms with Crippen LogP contribution in [0.15, 0.2) is 48.5 Å². The number of carbonyl (C=O) groups excluding carboxylic acids is 2. The molecule has 32 heavy (non-hydrogen) atoms. The van der Waals surface area contributed by atoms with Crippen LogP contribution in [0.3, 0.4) is 0 Å². The van der Waals surface area contributed by atoms with Gasteiger partial charge in [0.05, 0.1) is 11.9 Å². The van der Waals surface area contributed by atoms with E-state index in [-0.39, 0.29) is 12.2 Å². The Morgan fingerprint density at radius 3 is 2.28 bits per heavy atom. The number of hydrogen-bond donors (Lipinski definition) is 1. The van der Waals surface area contributed by atoms with Crippen molar-refractivity contribution in [1.82, 2.24) is 10.2 Å². The Hall–Kier alpha value is -3.01. The SMILES string of the molecule is CCCNC(=O)C(C)N(Cc1ccc(F)cc1)C(=O)CN(c1cccc(F)c1)S(C)(=O)=O. The number of rotatable bonds is 10. The first-order chi connectivity index (χ1) is 15.0. The molecule has 0 saturated carbocycles. The molecule has 1 N–H and O–H groups in total. The van der Waals surface area contributed by atoms with Gasteiger partial charge < -0.3 is 10.2 Å². The van der Waals surface area contributed by atoms with E-state index in [0.717, 1.165) is 22.7 Å². The molecule has 0 aliphatic carbocycles. The number of anilines is 1. The lowest BCUT2D eigenvalue weighted by atomic mass is 10.1. The van der Waals surface area contributed by atoms with Crippen LogP contribution in [0, 0.1) is 11.6 Å². The smallest absolute Gasteiger partial charge is 0.244 e. The van der Waals surface area contributed by atoms with Gasteiger partial charge in [0.1, 0.15) is 24.2 Å².